The fraction of sp³-hybridized carbons (Fsp3) is 0.606. The zero-order valence-electron chi connectivity index (χ0n) is 25.6. The number of rotatable bonds is 9. The molecule has 0 aromatic heterocycles. The van der Waals surface area contributed by atoms with Crippen LogP contribution >= 0.6 is 0 Å². The Balaban J connectivity index is 1.21. The predicted octanol–water partition coefficient (Wildman–Crippen LogP) is 5.13. The van der Waals surface area contributed by atoms with Crippen molar-refractivity contribution in [3.63, 3.8) is 0 Å². The van der Waals surface area contributed by atoms with E-state index in [1.165, 1.54) is 15.9 Å². The second-order valence-corrected chi connectivity index (χ2v) is 14.5. The molecule has 5 rings (SSSR count). The molecule has 1 amide bonds. The van der Waals surface area contributed by atoms with Crippen LogP contribution in [0.5, 0.6) is 0 Å². The van der Waals surface area contributed by atoms with Gasteiger partial charge in [-0.1, -0.05) is 42.8 Å². The lowest BCUT2D eigenvalue weighted by Crippen LogP contribution is -2.53. The molecule has 3 aliphatic heterocycles. The molecular formula is C33H45F3N4O3S. The average molecular weight is 635 g/mol. The molecule has 0 spiro atoms. The number of amides is 1. The summed E-state index contributed by atoms with van der Waals surface area (Å²) in [6, 6.07) is 14.4. The first-order valence-electron chi connectivity index (χ1n) is 16.0. The minimum absolute atomic E-state index is 0.0543. The third-order valence-corrected chi connectivity index (χ3v) is 11.7. The lowest BCUT2D eigenvalue weighted by molar-refractivity contribution is -0.137. The molecule has 2 atom stereocenters. The fourth-order valence-corrected chi connectivity index (χ4v) is 8.90. The van der Waals surface area contributed by atoms with Gasteiger partial charge >= 0.3 is 6.18 Å². The molecule has 0 bridgehead atoms. The Morgan fingerprint density at radius 2 is 1.59 bits per heavy atom. The van der Waals surface area contributed by atoms with Crippen LogP contribution in [0.15, 0.2) is 59.5 Å². The standard InChI is InChI=1S/C33H45F3N4O3S/c1-37-20-22-38(23-21-37)31(14-13-26-8-3-2-4-9-26)27-15-18-39(19-16-27)32(41)25-29-11-5-6-17-40(29)44(42,43)30-12-7-10-28(24-30)33(34,35)36/h2-4,7-10,12,24,27,29,31H,5-6,11,13-23,25H2,1H3. The molecule has 242 valence electrons. The van der Waals surface area contributed by atoms with E-state index >= 15 is 0 Å². The van der Waals surface area contributed by atoms with E-state index in [4.69, 9.17) is 0 Å². The summed E-state index contributed by atoms with van der Waals surface area (Å²) in [7, 11) is -2.02. The number of likely N-dealkylation sites (N-methyl/N-ethyl adjacent to an activating group) is 1. The molecule has 11 heteroatoms. The van der Waals surface area contributed by atoms with Gasteiger partial charge in [-0.25, -0.2) is 8.42 Å². The van der Waals surface area contributed by atoms with Crippen LogP contribution < -0.4 is 0 Å². The van der Waals surface area contributed by atoms with E-state index in [9.17, 15) is 26.4 Å². The van der Waals surface area contributed by atoms with E-state index < -0.39 is 27.8 Å². The van der Waals surface area contributed by atoms with Crippen LogP contribution in [0.3, 0.4) is 0 Å². The van der Waals surface area contributed by atoms with E-state index in [-0.39, 0.29) is 23.8 Å². The van der Waals surface area contributed by atoms with Crippen LogP contribution in [-0.2, 0) is 27.4 Å². The number of alkyl halides is 3. The van der Waals surface area contributed by atoms with Crippen molar-refractivity contribution in [3.8, 4) is 0 Å². The summed E-state index contributed by atoms with van der Waals surface area (Å²) in [4.78, 5) is 20.0. The van der Waals surface area contributed by atoms with Crippen molar-refractivity contribution in [3.05, 3.63) is 65.7 Å². The van der Waals surface area contributed by atoms with Gasteiger partial charge in [0.25, 0.3) is 0 Å². The number of benzene rings is 2. The van der Waals surface area contributed by atoms with Gasteiger partial charge in [0.1, 0.15) is 0 Å². The Morgan fingerprint density at radius 3 is 2.27 bits per heavy atom. The topological polar surface area (TPSA) is 64.2 Å². The van der Waals surface area contributed by atoms with Gasteiger partial charge in [0, 0.05) is 64.3 Å². The Morgan fingerprint density at radius 1 is 0.886 bits per heavy atom. The highest BCUT2D eigenvalue weighted by molar-refractivity contribution is 7.89. The highest BCUT2D eigenvalue weighted by atomic mass is 32.2. The molecule has 0 saturated carbocycles. The summed E-state index contributed by atoms with van der Waals surface area (Å²) in [6.07, 6.45) is 1.26. The van der Waals surface area contributed by atoms with E-state index in [1.807, 2.05) is 11.0 Å². The maximum absolute atomic E-state index is 13.5. The molecule has 2 unspecified atom stereocenters. The maximum Gasteiger partial charge on any atom is 0.416 e. The van der Waals surface area contributed by atoms with Gasteiger partial charge < -0.3 is 9.80 Å². The number of nitrogens with zero attached hydrogens (tertiary/aromatic N) is 4. The molecule has 0 N–H and O–H groups in total. The first-order valence-corrected chi connectivity index (χ1v) is 17.4. The van der Waals surface area contributed by atoms with E-state index in [0.29, 0.717) is 44.0 Å². The molecule has 0 aliphatic carbocycles. The molecule has 3 aliphatic rings. The van der Waals surface area contributed by atoms with Crippen LogP contribution in [0.1, 0.15) is 56.1 Å². The zero-order valence-corrected chi connectivity index (χ0v) is 26.4. The Labute approximate surface area is 260 Å². The molecule has 44 heavy (non-hydrogen) atoms. The lowest BCUT2D eigenvalue weighted by Gasteiger charge is -2.44. The largest absolute Gasteiger partial charge is 0.416 e. The first-order chi connectivity index (χ1) is 21.0. The Bertz CT molecular complexity index is 1340. The quantitative estimate of drug-likeness (QED) is 0.383. The van der Waals surface area contributed by atoms with E-state index in [2.05, 4.69) is 41.1 Å². The molecule has 7 nitrogen and oxygen atoms in total. The van der Waals surface area contributed by atoms with Crippen LogP contribution in [0.25, 0.3) is 0 Å². The molecule has 3 saturated heterocycles. The Hall–Kier alpha value is -2.47. The maximum atomic E-state index is 13.5. The summed E-state index contributed by atoms with van der Waals surface area (Å²) in [5, 5.41) is 0. The predicted molar refractivity (Wildman–Crippen MR) is 165 cm³/mol. The van der Waals surface area contributed by atoms with Crippen molar-refractivity contribution in [2.75, 3.05) is 52.9 Å². The van der Waals surface area contributed by atoms with Crippen molar-refractivity contribution in [2.45, 2.75) is 74.5 Å². The number of piperazine rings is 1. The van der Waals surface area contributed by atoms with Gasteiger partial charge in [-0.2, -0.15) is 17.5 Å². The molecular weight excluding hydrogens is 589 g/mol. The van der Waals surface area contributed by atoms with Crippen molar-refractivity contribution >= 4 is 15.9 Å². The normalized spacial score (nSPS) is 22.6. The third-order valence-electron chi connectivity index (χ3n) is 9.77. The minimum atomic E-state index is -4.64. The highest BCUT2D eigenvalue weighted by Crippen LogP contribution is 2.34. The average Bonchev–Trinajstić information content (AvgIpc) is 3.02. The fourth-order valence-electron chi connectivity index (χ4n) is 7.16. The number of carbonyl (C=O) groups excluding carboxylic acids is 1. The number of likely N-dealkylation sites (tertiary alicyclic amines) is 1. The summed E-state index contributed by atoms with van der Waals surface area (Å²) in [5.41, 5.74) is 0.348. The number of piperidine rings is 2. The van der Waals surface area contributed by atoms with Gasteiger partial charge in [-0.05, 0) is 75.3 Å². The smallest absolute Gasteiger partial charge is 0.343 e. The van der Waals surface area contributed by atoms with Crippen molar-refractivity contribution in [1.29, 1.82) is 0 Å². The van der Waals surface area contributed by atoms with Crippen LogP contribution in [0.4, 0.5) is 13.2 Å². The number of hydrogen-bond acceptors (Lipinski definition) is 5. The number of halogens is 3. The number of sulfonamides is 1. The van der Waals surface area contributed by atoms with Crippen LogP contribution in [0, 0.1) is 5.92 Å². The zero-order chi connectivity index (χ0) is 31.3. The van der Waals surface area contributed by atoms with Crippen molar-refractivity contribution in [2.24, 2.45) is 5.92 Å². The van der Waals surface area contributed by atoms with Crippen molar-refractivity contribution in [1.82, 2.24) is 19.0 Å². The summed E-state index contributed by atoms with van der Waals surface area (Å²) >= 11 is 0. The summed E-state index contributed by atoms with van der Waals surface area (Å²) in [5.74, 6) is 0.415. The number of carbonyl (C=O) groups is 1. The first kappa shape index (κ1) is 32.9. The summed E-state index contributed by atoms with van der Waals surface area (Å²) in [6.45, 7) is 5.70. The van der Waals surface area contributed by atoms with Crippen LogP contribution in [0.2, 0.25) is 0 Å². The molecule has 0 radical (unpaired) electrons. The van der Waals surface area contributed by atoms with E-state index in [0.717, 1.165) is 70.4 Å². The van der Waals surface area contributed by atoms with Gasteiger partial charge in [-0.3, -0.25) is 9.69 Å². The third kappa shape index (κ3) is 8.02. The lowest BCUT2D eigenvalue weighted by atomic mass is 9.84. The SMILES string of the molecule is CN1CCN(C(CCc2ccccc2)C2CCN(C(=O)CC3CCCCN3S(=O)(=O)c3cccc(C(F)(F)F)c3)CC2)CC1. The number of aryl methyl sites for hydroxylation is 1. The monoisotopic (exact) mass is 634 g/mol. The second kappa shape index (κ2) is 14.3. The molecule has 3 heterocycles. The molecule has 3 fully saturated rings. The second-order valence-electron chi connectivity index (χ2n) is 12.6. The van der Waals surface area contributed by atoms with Gasteiger partial charge in [-0.15, -0.1) is 0 Å². The van der Waals surface area contributed by atoms with E-state index in [1.54, 1.807) is 0 Å². The van der Waals surface area contributed by atoms with Crippen molar-refractivity contribution < 1.29 is 26.4 Å². The Kier molecular flexibility index (Phi) is 10.7. The summed E-state index contributed by atoms with van der Waals surface area (Å²) < 4.78 is 68.2. The van der Waals surface area contributed by atoms with Crippen LogP contribution in [-0.4, -0.2) is 98.3 Å². The van der Waals surface area contributed by atoms with Gasteiger partial charge in [0.05, 0.1) is 10.5 Å². The van der Waals surface area contributed by atoms with Gasteiger partial charge in [0.15, 0.2) is 0 Å². The van der Waals surface area contributed by atoms with Gasteiger partial charge in [0.2, 0.25) is 15.9 Å². The minimum Gasteiger partial charge on any atom is -0.343 e. The number of hydrogen-bond donors (Lipinski definition) is 0. The molecule has 2 aromatic rings. The highest BCUT2D eigenvalue weighted by Gasteiger charge is 2.39. The molecule has 2 aromatic carbocycles.